The predicted molar refractivity (Wildman–Crippen MR) is 82.4 cm³/mol. The third kappa shape index (κ3) is 3.11. The minimum Gasteiger partial charge on any atom is -0.497 e. The summed E-state index contributed by atoms with van der Waals surface area (Å²) >= 11 is 0. The summed E-state index contributed by atoms with van der Waals surface area (Å²) in [5, 5.41) is 13.0. The quantitative estimate of drug-likeness (QED) is 0.875. The highest BCUT2D eigenvalue weighted by Gasteiger charge is 2.13. The van der Waals surface area contributed by atoms with Gasteiger partial charge in [0.15, 0.2) is 0 Å². The van der Waals surface area contributed by atoms with Crippen LogP contribution in [0.1, 0.15) is 22.7 Å². The molecule has 3 nitrogen and oxygen atoms in total. The Balaban J connectivity index is 2.26. The van der Waals surface area contributed by atoms with Gasteiger partial charge in [-0.15, -0.1) is 0 Å². The molecule has 3 heteroatoms. The van der Waals surface area contributed by atoms with Gasteiger partial charge in [0.25, 0.3) is 0 Å². The third-order valence-corrected chi connectivity index (χ3v) is 3.62. The number of aliphatic hydroxyl groups is 1. The van der Waals surface area contributed by atoms with Crippen molar-refractivity contribution in [3.8, 4) is 5.75 Å². The SMILES string of the molecule is COc1cccc(NC(CO)c2cccc(C)c2C)c1. The molecule has 0 saturated heterocycles. The Morgan fingerprint density at radius 2 is 1.90 bits per heavy atom. The maximum Gasteiger partial charge on any atom is 0.120 e. The van der Waals surface area contributed by atoms with Gasteiger partial charge in [-0.3, -0.25) is 0 Å². The summed E-state index contributed by atoms with van der Waals surface area (Å²) in [6, 6.07) is 13.8. The number of rotatable bonds is 5. The summed E-state index contributed by atoms with van der Waals surface area (Å²) in [4.78, 5) is 0. The molecule has 0 fully saturated rings. The van der Waals surface area contributed by atoms with Crippen molar-refractivity contribution < 1.29 is 9.84 Å². The fourth-order valence-electron chi connectivity index (χ4n) is 2.29. The van der Waals surface area contributed by atoms with Crippen LogP contribution in [-0.2, 0) is 0 Å². The van der Waals surface area contributed by atoms with Gasteiger partial charge in [0.05, 0.1) is 19.8 Å². The number of ether oxygens (including phenoxy) is 1. The van der Waals surface area contributed by atoms with Crippen LogP contribution in [-0.4, -0.2) is 18.8 Å². The number of aliphatic hydroxyl groups excluding tert-OH is 1. The fourth-order valence-corrected chi connectivity index (χ4v) is 2.29. The fraction of sp³-hybridized carbons (Fsp3) is 0.294. The van der Waals surface area contributed by atoms with Crippen molar-refractivity contribution in [2.24, 2.45) is 0 Å². The van der Waals surface area contributed by atoms with E-state index in [4.69, 9.17) is 4.74 Å². The van der Waals surface area contributed by atoms with Crippen LogP contribution in [0.5, 0.6) is 5.75 Å². The molecular weight excluding hydrogens is 250 g/mol. The average molecular weight is 271 g/mol. The van der Waals surface area contributed by atoms with E-state index < -0.39 is 0 Å². The Morgan fingerprint density at radius 1 is 1.15 bits per heavy atom. The molecule has 20 heavy (non-hydrogen) atoms. The van der Waals surface area contributed by atoms with E-state index in [2.05, 4.69) is 31.3 Å². The summed E-state index contributed by atoms with van der Waals surface area (Å²) in [6.45, 7) is 4.21. The topological polar surface area (TPSA) is 41.5 Å². The van der Waals surface area contributed by atoms with Crippen LogP contribution in [0, 0.1) is 13.8 Å². The molecule has 2 aromatic rings. The Bertz CT molecular complexity index is 581. The lowest BCUT2D eigenvalue weighted by Gasteiger charge is -2.21. The largest absolute Gasteiger partial charge is 0.497 e. The number of nitrogens with one attached hydrogen (secondary N) is 1. The Labute approximate surface area is 120 Å². The number of hydrogen-bond acceptors (Lipinski definition) is 3. The molecule has 0 aliphatic rings. The highest BCUT2D eigenvalue weighted by Crippen LogP contribution is 2.25. The van der Waals surface area contributed by atoms with Crippen LogP contribution in [0.2, 0.25) is 0 Å². The second-order valence-corrected chi connectivity index (χ2v) is 4.90. The van der Waals surface area contributed by atoms with Crippen LogP contribution in [0.25, 0.3) is 0 Å². The van der Waals surface area contributed by atoms with Crippen molar-refractivity contribution in [2.75, 3.05) is 19.0 Å². The lowest BCUT2D eigenvalue weighted by atomic mass is 9.97. The molecule has 1 unspecified atom stereocenters. The monoisotopic (exact) mass is 271 g/mol. The number of hydrogen-bond donors (Lipinski definition) is 2. The zero-order valence-corrected chi connectivity index (χ0v) is 12.2. The van der Waals surface area contributed by atoms with Crippen molar-refractivity contribution in [1.29, 1.82) is 0 Å². The standard InChI is InChI=1S/C17H21NO2/c1-12-6-4-9-16(13(12)2)17(11-19)18-14-7-5-8-15(10-14)20-3/h4-10,17-19H,11H2,1-3H3. The molecule has 106 valence electrons. The van der Waals surface area contributed by atoms with Gasteiger partial charge in [0.1, 0.15) is 5.75 Å². The predicted octanol–water partition coefficient (Wildman–Crippen LogP) is 3.46. The first-order chi connectivity index (χ1) is 9.65. The Hall–Kier alpha value is -2.00. The van der Waals surface area contributed by atoms with E-state index in [1.54, 1.807) is 7.11 Å². The molecule has 1 atom stereocenters. The summed E-state index contributed by atoms with van der Waals surface area (Å²) in [6.07, 6.45) is 0. The first-order valence-corrected chi connectivity index (χ1v) is 6.73. The minimum atomic E-state index is -0.123. The lowest BCUT2D eigenvalue weighted by molar-refractivity contribution is 0.276. The van der Waals surface area contributed by atoms with E-state index >= 15 is 0 Å². The van der Waals surface area contributed by atoms with E-state index in [-0.39, 0.29) is 12.6 Å². The first-order valence-electron chi connectivity index (χ1n) is 6.73. The van der Waals surface area contributed by atoms with Gasteiger partial charge in [-0.1, -0.05) is 24.3 Å². The Kier molecular flexibility index (Phi) is 4.64. The van der Waals surface area contributed by atoms with E-state index in [1.807, 2.05) is 30.3 Å². The van der Waals surface area contributed by atoms with Crippen molar-refractivity contribution in [1.82, 2.24) is 0 Å². The van der Waals surface area contributed by atoms with Gasteiger partial charge in [-0.05, 0) is 42.7 Å². The second kappa shape index (κ2) is 6.44. The third-order valence-electron chi connectivity index (χ3n) is 3.62. The van der Waals surface area contributed by atoms with E-state index in [0.717, 1.165) is 17.0 Å². The zero-order valence-electron chi connectivity index (χ0n) is 12.2. The molecule has 0 aliphatic heterocycles. The zero-order chi connectivity index (χ0) is 14.5. The van der Waals surface area contributed by atoms with E-state index in [9.17, 15) is 5.11 Å². The first kappa shape index (κ1) is 14.4. The maximum atomic E-state index is 9.69. The summed E-state index contributed by atoms with van der Waals surface area (Å²) in [5.74, 6) is 0.799. The molecule has 2 rings (SSSR count). The molecule has 0 spiro atoms. The maximum absolute atomic E-state index is 9.69. The number of aryl methyl sites for hydroxylation is 1. The van der Waals surface area contributed by atoms with Gasteiger partial charge in [0, 0.05) is 11.8 Å². The van der Waals surface area contributed by atoms with Gasteiger partial charge < -0.3 is 15.2 Å². The molecule has 0 radical (unpaired) electrons. The molecule has 0 aromatic heterocycles. The van der Waals surface area contributed by atoms with Crippen molar-refractivity contribution in [3.63, 3.8) is 0 Å². The van der Waals surface area contributed by atoms with Crippen LogP contribution in [0.3, 0.4) is 0 Å². The molecule has 2 aromatic carbocycles. The number of benzene rings is 2. The minimum absolute atomic E-state index is 0.0432. The van der Waals surface area contributed by atoms with E-state index in [1.165, 1.54) is 11.1 Å². The van der Waals surface area contributed by atoms with Crippen LogP contribution in [0.4, 0.5) is 5.69 Å². The molecular formula is C17H21NO2. The van der Waals surface area contributed by atoms with Crippen LogP contribution in [0.15, 0.2) is 42.5 Å². The van der Waals surface area contributed by atoms with Gasteiger partial charge in [-0.2, -0.15) is 0 Å². The van der Waals surface area contributed by atoms with Crippen molar-refractivity contribution in [3.05, 3.63) is 59.2 Å². The smallest absolute Gasteiger partial charge is 0.120 e. The lowest BCUT2D eigenvalue weighted by Crippen LogP contribution is -2.16. The van der Waals surface area contributed by atoms with Gasteiger partial charge >= 0.3 is 0 Å². The normalized spacial score (nSPS) is 12.0. The highest BCUT2D eigenvalue weighted by molar-refractivity contribution is 5.51. The van der Waals surface area contributed by atoms with Crippen LogP contribution < -0.4 is 10.1 Å². The number of anilines is 1. The van der Waals surface area contributed by atoms with Gasteiger partial charge in [-0.25, -0.2) is 0 Å². The molecule has 2 N–H and O–H groups in total. The Morgan fingerprint density at radius 3 is 2.60 bits per heavy atom. The van der Waals surface area contributed by atoms with E-state index in [0.29, 0.717) is 0 Å². The number of methoxy groups -OCH3 is 1. The second-order valence-electron chi connectivity index (χ2n) is 4.90. The van der Waals surface area contributed by atoms with Crippen molar-refractivity contribution in [2.45, 2.75) is 19.9 Å². The summed E-state index contributed by atoms with van der Waals surface area (Å²) in [7, 11) is 1.65. The molecule has 0 bridgehead atoms. The van der Waals surface area contributed by atoms with Crippen molar-refractivity contribution >= 4 is 5.69 Å². The van der Waals surface area contributed by atoms with Crippen LogP contribution >= 0.6 is 0 Å². The summed E-state index contributed by atoms with van der Waals surface area (Å²) < 4.78 is 5.22. The average Bonchev–Trinajstić information content (AvgIpc) is 2.48. The molecule has 0 saturated carbocycles. The highest BCUT2D eigenvalue weighted by atomic mass is 16.5. The molecule has 0 amide bonds. The molecule has 0 aliphatic carbocycles. The summed E-state index contributed by atoms with van der Waals surface area (Å²) in [5.41, 5.74) is 4.50. The van der Waals surface area contributed by atoms with Gasteiger partial charge in [0.2, 0.25) is 0 Å². The molecule has 0 heterocycles.